The Hall–Kier alpha value is -3.51. The van der Waals surface area contributed by atoms with Gasteiger partial charge in [-0.3, -0.25) is 4.79 Å². The molecule has 0 saturated carbocycles. The summed E-state index contributed by atoms with van der Waals surface area (Å²) in [7, 11) is 4.06. The average Bonchev–Trinajstić information content (AvgIpc) is 3.10. The van der Waals surface area contributed by atoms with E-state index in [0.29, 0.717) is 12.1 Å². The van der Waals surface area contributed by atoms with E-state index >= 15 is 0 Å². The van der Waals surface area contributed by atoms with Gasteiger partial charge >= 0.3 is 0 Å². The fourth-order valence-corrected chi connectivity index (χ4v) is 3.56. The number of anilines is 1. The molecule has 152 valence electrons. The molecule has 30 heavy (non-hydrogen) atoms. The Morgan fingerprint density at radius 3 is 2.53 bits per heavy atom. The van der Waals surface area contributed by atoms with Crippen LogP contribution in [0.1, 0.15) is 27.0 Å². The zero-order valence-corrected chi connectivity index (χ0v) is 17.5. The molecular weight excluding hydrogens is 374 g/mol. The molecule has 1 aromatic heterocycles. The van der Waals surface area contributed by atoms with Gasteiger partial charge in [0.1, 0.15) is 5.52 Å². The molecule has 6 nitrogen and oxygen atoms in total. The first-order valence-corrected chi connectivity index (χ1v) is 9.92. The smallest absolute Gasteiger partial charge is 0.255 e. The number of benzene rings is 3. The van der Waals surface area contributed by atoms with Crippen molar-refractivity contribution >= 4 is 22.6 Å². The third-order valence-electron chi connectivity index (χ3n) is 4.86. The van der Waals surface area contributed by atoms with Gasteiger partial charge in [0.05, 0.1) is 12.1 Å². The maximum atomic E-state index is 12.7. The molecule has 0 fully saturated rings. The molecule has 0 aliphatic heterocycles. The Morgan fingerprint density at radius 2 is 1.77 bits per heavy atom. The molecule has 0 aliphatic carbocycles. The minimum atomic E-state index is -0.117. The fraction of sp³-hybridized carbons (Fsp3) is 0.208. The molecule has 1 N–H and O–H groups in total. The minimum Gasteiger partial charge on any atom is -0.322 e. The van der Waals surface area contributed by atoms with E-state index in [2.05, 4.69) is 26.6 Å². The van der Waals surface area contributed by atoms with Crippen molar-refractivity contribution in [3.63, 3.8) is 0 Å². The van der Waals surface area contributed by atoms with E-state index in [1.54, 1.807) is 0 Å². The molecule has 0 spiro atoms. The van der Waals surface area contributed by atoms with Gasteiger partial charge < -0.3 is 10.2 Å². The van der Waals surface area contributed by atoms with Crippen LogP contribution in [0.25, 0.3) is 11.0 Å². The van der Waals surface area contributed by atoms with Crippen molar-refractivity contribution in [3.8, 4) is 0 Å². The topological polar surface area (TPSA) is 63.1 Å². The summed E-state index contributed by atoms with van der Waals surface area (Å²) in [6, 6.07) is 21.6. The Labute approximate surface area is 176 Å². The van der Waals surface area contributed by atoms with Crippen molar-refractivity contribution in [2.75, 3.05) is 19.4 Å². The number of carbonyl (C=O) groups excluding carboxylic acids is 1. The molecule has 0 radical (unpaired) electrons. The molecule has 0 saturated heterocycles. The van der Waals surface area contributed by atoms with Crippen molar-refractivity contribution in [2.45, 2.75) is 20.0 Å². The first-order valence-electron chi connectivity index (χ1n) is 9.92. The molecule has 4 rings (SSSR count). The second kappa shape index (κ2) is 8.47. The van der Waals surface area contributed by atoms with Crippen molar-refractivity contribution in [2.24, 2.45) is 0 Å². The molecule has 0 atom stereocenters. The summed E-state index contributed by atoms with van der Waals surface area (Å²) in [4.78, 5) is 14.8. The molecule has 4 aromatic rings. The van der Waals surface area contributed by atoms with Crippen LogP contribution in [0.15, 0.2) is 66.7 Å². The summed E-state index contributed by atoms with van der Waals surface area (Å²) < 4.78 is 1.86. The van der Waals surface area contributed by atoms with Crippen LogP contribution in [0, 0.1) is 6.92 Å². The van der Waals surface area contributed by atoms with Gasteiger partial charge in [-0.05, 0) is 74.1 Å². The summed E-state index contributed by atoms with van der Waals surface area (Å²) in [5.41, 5.74) is 6.66. The lowest BCUT2D eigenvalue weighted by Gasteiger charge is -2.13. The third kappa shape index (κ3) is 4.55. The van der Waals surface area contributed by atoms with E-state index in [1.165, 1.54) is 5.56 Å². The Kier molecular flexibility index (Phi) is 5.59. The lowest BCUT2D eigenvalue weighted by Crippen LogP contribution is -2.14. The summed E-state index contributed by atoms with van der Waals surface area (Å²) >= 11 is 0. The van der Waals surface area contributed by atoms with Crippen LogP contribution in [-0.4, -0.2) is 39.9 Å². The highest BCUT2D eigenvalue weighted by atomic mass is 16.1. The van der Waals surface area contributed by atoms with Crippen LogP contribution < -0.4 is 5.32 Å². The fourth-order valence-electron chi connectivity index (χ4n) is 3.56. The third-order valence-corrected chi connectivity index (χ3v) is 4.86. The molecule has 3 aromatic carbocycles. The van der Waals surface area contributed by atoms with Crippen LogP contribution in [0.4, 0.5) is 5.69 Å². The predicted octanol–water partition coefficient (Wildman–Crippen LogP) is 4.10. The lowest BCUT2D eigenvalue weighted by atomic mass is 10.1. The number of rotatable bonds is 6. The van der Waals surface area contributed by atoms with Gasteiger partial charge in [0.25, 0.3) is 5.91 Å². The van der Waals surface area contributed by atoms with Crippen LogP contribution in [0.5, 0.6) is 0 Å². The summed E-state index contributed by atoms with van der Waals surface area (Å²) in [6.07, 6.45) is 0. The van der Waals surface area contributed by atoms with Gasteiger partial charge in [-0.1, -0.05) is 35.5 Å². The number of carbonyl (C=O) groups is 1. The molecule has 1 amide bonds. The average molecular weight is 399 g/mol. The van der Waals surface area contributed by atoms with Gasteiger partial charge in [-0.15, -0.1) is 5.10 Å². The molecule has 0 unspecified atom stereocenters. The van der Waals surface area contributed by atoms with E-state index < -0.39 is 0 Å². The highest BCUT2D eigenvalue weighted by molar-refractivity contribution is 6.04. The van der Waals surface area contributed by atoms with Crippen LogP contribution in [-0.2, 0) is 13.1 Å². The standard InChI is InChI=1S/C24H25N5O/c1-17-12-19(15-28(2)3)14-21(13-17)25-24(30)20-10-8-18(9-11-20)16-29-23-7-5-4-6-22(23)26-27-29/h4-14H,15-16H2,1-3H3,(H,25,30). The number of para-hydroxylation sites is 1. The first-order chi connectivity index (χ1) is 14.5. The second-order valence-corrected chi connectivity index (χ2v) is 7.83. The summed E-state index contributed by atoms with van der Waals surface area (Å²) in [5, 5.41) is 11.4. The zero-order valence-electron chi connectivity index (χ0n) is 17.5. The van der Waals surface area contributed by atoms with E-state index in [9.17, 15) is 4.79 Å². The minimum absolute atomic E-state index is 0.117. The van der Waals surface area contributed by atoms with Crippen LogP contribution >= 0.6 is 0 Å². The first kappa shape index (κ1) is 19.8. The highest BCUT2D eigenvalue weighted by Gasteiger charge is 2.09. The van der Waals surface area contributed by atoms with Gasteiger partial charge in [0.15, 0.2) is 0 Å². The van der Waals surface area contributed by atoms with Crippen molar-refractivity contribution in [1.29, 1.82) is 0 Å². The highest BCUT2D eigenvalue weighted by Crippen LogP contribution is 2.18. The maximum absolute atomic E-state index is 12.7. The van der Waals surface area contributed by atoms with E-state index in [1.807, 2.05) is 86.4 Å². The lowest BCUT2D eigenvalue weighted by molar-refractivity contribution is 0.102. The molecule has 1 heterocycles. The van der Waals surface area contributed by atoms with E-state index in [-0.39, 0.29) is 5.91 Å². The number of hydrogen-bond donors (Lipinski definition) is 1. The predicted molar refractivity (Wildman–Crippen MR) is 120 cm³/mol. The monoisotopic (exact) mass is 399 g/mol. The number of nitrogens with zero attached hydrogens (tertiary/aromatic N) is 4. The number of aromatic nitrogens is 3. The molecule has 0 bridgehead atoms. The quantitative estimate of drug-likeness (QED) is 0.530. The SMILES string of the molecule is Cc1cc(CN(C)C)cc(NC(=O)c2ccc(Cn3nnc4ccccc43)cc2)c1. The second-order valence-electron chi connectivity index (χ2n) is 7.83. The van der Waals surface area contributed by atoms with Crippen LogP contribution in [0.2, 0.25) is 0 Å². The normalized spacial score (nSPS) is 11.2. The molecular formula is C24H25N5O. The van der Waals surface area contributed by atoms with Gasteiger partial charge in [0, 0.05) is 17.8 Å². The molecule has 0 aliphatic rings. The maximum Gasteiger partial charge on any atom is 0.255 e. The number of hydrogen-bond acceptors (Lipinski definition) is 4. The van der Waals surface area contributed by atoms with Crippen LogP contribution in [0.3, 0.4) is 0 Å². The number of nitrogens with one attached hydrogen (secondary N) is 1. The van der Waals surface area contributed by atoms with Gasteiger partial charge in [0.2, 0.25) is 0 Å². The Bertz CT molecular complexity index is 1180. The van der Waals surface area contributed by atoms with E-state index in [4.69, 9.17) is 0 Å². The molecule has 6 heteroatoms. The Morgan fingerprint density at radius 1 is 1.00 bits per heavy atom. The van der Waals surface area contributed by atoms with Gasteiger partial charge in [-0.25, -0.2) is 4.68 Å². The summed E-state index contributed by atoms with van der Waals surface area (Å²) in [5.74, 6) is -0.117. The number of amides is 1. The summed E-state index contributed by atoms with van der Waals surface area (Å²) in [6.45, 7) is 3.47. The van der Waals surface area contributed by atoms with Crippen molar-refractivity contribution in [1.82, 2.24) is 19.9 Å². The van der Waals surface area contributed by atoms with Gasteiger partial charge in [-0.2, -0.15) is 0 Å². The zero-order chi connectivity index (χ0) is 21.1. The number of aryl methyl sites for hydroxylation is 1. The Balaban J connectivity index is 1.46. The largest absolute Gasteiger partial charge is 0.322 e. The van der Waals surface area contributed by atoms with E-state index in [0.717, 1.165) is 34.4 Å². The number of fused-ring (bicyclic) bond motifs is 1. The van der Waals surface area contributed by atoms with Crippen molar-refractivity contribution in [3.05, 3.63) is 89.0 Å². The van der Waals surface area contributed by atoms with Crippen molar-refractivity contribution < 1.29 is 4.79 Å².